The van der Waals surface area contributed by atoms with Crippen molar-refractivity contribution in [3.8, 4) is 5.75 Å². The van der Waals surface area contributed by atoms with Crippen molar-refractivity contribution in [3.05, 3.63) is 46.9 Å². The number of hydrogen-bond donors (Lipinski definition) is 3. The van der Waals surface area contributed by atoms with Gasteiger partial charge in [-0.3, -0.25) is 0 Å². The summed E-state index contributed by atoms with van der Waals surface area (Å²) in [6.45, 7) is 1.87. The highest BCUT2D eigenvalue weighted by atomic mass is 35.5. The van der Waals surface area contributed by atoms with Crippen LogP contribution in [0.15, 0.2) is 24.9 Å². The van der Waals surface area contributed by atoms with E-state index < -0.39 is 21.0 Å². The molecule has 2 aromatic heterocycles. The quantitative estimate of drug-likeness (QED) is 0.451. The van der Waals surface area contributed by atoms with Crippen LogP contribution in [0.1, 0.15) is 36.9 Å². The van der Waals surface area contributed by atoms with Gasteiger partial charge in [-0.25, -0.2) is 27.8 Å². The monoisotopic (exact) mass is 516 g/mol. The van der Waals surface area contributed by atoms with E-state index in [4.69, 9.17) is 16.3 Å². The third kappa shape index (κ3) is 4.85. The number of hydrogen-bond acceptors (Lipinski definition) is 8. The molecule has 2 atom stereocenters. The van der Waals surface area contributed by atoms with Crippen molar-refractivity contribution in [2.45, 2.75) is 31.2 Å². The van der Waals surface area contributed by atoms with E-state index in [1.807, 2.05) is 6.92 Å². The molecule has 3 N–H and O–H groups in total. The van der Waals surface area contributed by atoms with Crippen molar-refractivity contribution in [1.82, 2.24) is 25.3 Å². The largest absolute Gasteiger partial charge is 0.496 e. The molecule has 0 radical (unpaired) electrons. The lowest BCUT2D eigenvalue weighted by Crippen LogP contribution is -2.35. The standard InChI is InChI=1S/C20H22ClFN6O3S.ClH/c1-10(28-20-17-19(25-8-24-17)26-9-27-20)12-6-13(21)16(22)15(18(12)31-2)11-4-5-14(23-7-11)32(3,29)30;/h6-10,14,23H,4-5H2,1-3H3,(H2,24,25,26,27,28);1H. The van der Waals surface area contributed by atoms with E-state index in [1.54, 1.807) is 0 Å². The Morgan fingerprint density at radius 1 is 1.33 bits per heavy atom. The number of aromatic amines is 1. The molecule has 1 aromatic carbocycles. The molecule has 0 aliphatic carbocycles. The van der Waals surface area contributed by atoms with Crippen LogP contribution in [0.5, 0.6) is 5.75 Å². The molecule has 1 aliphatic heterocycles. The summed E-state index contributed by atoms with van der Waals surface area (Å²) in [7, 11) is -1.82. The molecule has 0 saturated heterocycles. The SMILES string of the molecule is COc1c(C(C)Nc2ncnc3nc[nH]c23)cc(Cl)c(F)c1C1=CNC(S(C)(=O)=O)CC1.Cl. The van der Waals surface area contributed by atoms with Gasteiger partial charge in [0.2, 0.25) is 0 Å². The Kier molecular flexibility index (Phi) is 7.35. The van der Waals surface area contributed by atoms with Crippen molar-refractivity contribution in [2.24, 2.45) is 0 Å². The fourth-order valence-electron chi connectivity index (χ4n) is 3.79. The van der Waals surface area contributed by atoms with Gasteiger partial charge in [0.1, 0.15) is 23.0 Å². The summed E-state index contributed by atoms with van der Waals surface area (Å²) in [6.07, 6.45) is 6.26. The number of methoxy groups -OCH3 is 1. The normalized spacial score (nSPS) is 17.0. The van der Waals surface area contributed by atoms with E-state index in [-0.39, 0.29) is 29.0 Å². The summed E-state index contributed by atoms with van der Waals surface area (Å²) < 4.78 is 44.4. The van der Waals surface area contributed by atoms with Crippen LogP contribution in [0.4, 0.5) is 10.2 Å². The second-order valence-electron chi connectivity index (χ2n) is 7.55. The molecule has 2 unspecified atom stereocenters. The Labute approximate surface area is 201 Å². The fraction of sp³-hybridized carbons (Fsp3) is 0.350. The molecule has 0 bridgehead atoms. The molecular weight excluding hydrogens is 494 g/mol. The smallest absolute Gasteiger partial charge is 0.182 e. The van der Waals surface area contributed by atoms with E-state index in [9.17, 15) is 8.42 Å². The van der Waals surface area contributed by atoms with Crippen LogP contribution in [0.2, 0.25) is 5.02 Å². The number of rotatable bonds is 6. The summed E-state index contributed by atoms with van der Waals surface area (Å²) in [5, 5.41) is 5.34. The Balaban J connectivity index is 0.00000306. The molecule has 178 valence electrons. The molecule has 13 heteroatoms. The van der Waals surface area contributed by atoms with Gasteiger partial charge in [-0.1, -0.05) is 11.6 Å². The van der Waals surface area contributed by atoms with Gasteiger partial charge in [0.15, 0.2) is 27.1 Å². The fourth-order valence-corrected chi connectivity index (χ4v) is 4.86. The molecule has 3 heterocycles. The van der Waals surface area contributed by atoms with Crippen molar-refractivity contribution in [2.75, 3.05) is 18.7 Å². The molecule has 4 rings (SSSR count). The van der Waals surface area contributed by atoms with E-state index >= 15 is 4.39 Å². The number of nitrogens with one attached hydrogen (secondary N) is 3. The van der Waals surface area contributed by atoms with E-state index in [2.05, 4.69) is 30.6 Å². The van der Waals surface area contributed by atoms with Crippen molar-refractivity contribution >= 4 is 56.4 Å². The van der Waals surface area contributed by atoms with Gasteiger partial charge >= 0.3 is 0 Å². The number of benzene rings is 1. The number of aromatic nitrogens is 4. The highest BCUT2D eigenvalue weighted by molar-refractivity contribution is 7.91. The van der Waals surface area contributed by atoms with Crippen LogP contribution in [0, 0.1) is 5.82 Å². The Morgan fingerprint density at radius 3 is 2.73 bits per heavy atom. The Hall–Kier alpha value is -2.63. The molecule has 0 saturated carbocycles. The number of anilines is 1. The molecule has 1 aliphatic rings. The van der Waals surface area contributed by atoms with Gasteiger partial charge in [0, 0.05) is 18.0 Å². The number of H-pyrrole nitrogens is 1. The Morgan fingerprint density at radius 2 is 2.09 bits per heavy atom. The number of imidazole rings is 1. The summed E-state index contributed by atoms with van der Waals surface area (Å²) in [4.78, 5) is 15.5. The Bertz CT molecular complexity index is 1310. The number of ether oxygens (including phenoxy) is 1. The van der Waals surface area contributed by atoms with Crippen molar-refractivity contribution in [3.63, 3.8) is 0 Å². The van der Waals surface area contributed by atoms with Crippen molar-refractivity contribution < 1.29 is 17.5 Å². The van der Waals surface area contributed by atoms with Crippen LogP contribution < -0.4 is 15.4 Å². The zero-order valence-corrected chi connectivity index (χ0v) is 20.4. The van der Waals surface area contributed by atoms with Crippen LogP contribution in [-0.4, -0.2) is 47.1 Å². The van der Waals surface area contributed by atoms with Crippen LogP contribution in [0.3, 0.4) is 0 Å². The lowest BCUT2D eigenvalue weighted by molar-refractivity contribution is 0.402. The van der Waals surface area contributed by atoms with Crippen LogP contribution in [0.25, 0.3) is 16.7 Å². The maximum atomic E-state index is 15.1. The summed E-state index contributed by atoms with van der Waals surface area (Å²) in [5.41, 5.74) is 2.55. The first-order chi connectivity index (χ1) is 15.2. The first-order valence-corrected chi connectivity index (χ1v) is 12.1. The molecule has 9 nitrogen and oxygen atoms in total. The second-order valence-corrected chi connectivity index (χ2v) is 10.2. The summed E-state index contributed by atoms with van der Waals surface area (Å²) in [6, 6.07) is 1.14. The molecule has 3 aromatic rings. The minimum atomic E-state index is -3.27. The molecular formula is C20H23Cl2FN6O3S. The average molecular weight is 517 g/mol. The minimum Gasteiger partial charge on any atom is -0.496 e. The number of sulfone groups is 1. The molecule has 0 fully saturated rings. The van der Waals surface area contributed by atoms with Gasteiger partial charge in [-0.05, 0) is 31.4 Å². The molecule has 0 amide bonds. The van der Waals surface area contributed by atoms with E-state index in [0.29, 0.717) is 46.7 Å². The predicted octanol–water partition coefficient (Wildman–Crippen LogP) is 3.84. The van der Waals surface area contributed by atoms with Crippen LogP contribution in [-0.2, 0) is 9.84 Å². The second kappa shape index (κ2) is 9.70. The minimum absolute atomic E-state index is 0. The van der Waals surface area contributed by atoms with Gasteiger partial charge < -0.3 is 20.4 Å². The lowest BCUT2D eigenvalue weighted by atomic mass is 9.94. The third-order valence-electron chi connectivity index (χ3n) is 5.40. The predicted molar refractivity (Wildman–Crippen MR) is 128 cm³/mol. The first kappa shape index (κ1) is 25.0. The highest BCUT2D eigenvalue weighted by Gasteiger charge is 2.29. The topological polar surface area (TPSA) is 122 Å². The zero-order chi connectivity index (χ0) is 23.0. The zero-order valence-electron chi connectivity index (χ0n) is 18.0. The molecule has 0 spiro atoms. The maximum Gasteiger partial charge on any atom is 0.182 e. The van der Waals surface area contributed by atoms with Crippen molar-refractivity contribution in [1.29, 1.82) is 0 Å². The number of nitrogens with zero attached hydrogens (tertiary/aromatic N) is 3. The lowest BCUT2D eigenvalue weighted by Gasteiger charge is -2.26. The van der Waals surface area contributed by atoms with Gasteiger partial charge in [0.25, 0.3) is 0 Å². The van der Waals surface area contributed by atoms with Gasteiger partial charge in [0.05, 0.1) is 30.1 Å². The molecule has 33 heavy (non-hydrogen) atoms. The summed E-state index contributed by atoms with van der Waals surface area (Å²) in [5.74, 6) is 0.217. The third-order valence-corrected chi connectivity index (χ3v) is 7.09. The van der Waals surface area contributed by atoms with Crippen LogP contribution >= 0.6 is 24.0 Å². The maximum absolute atomic E-state index is 15.1. The van der Waals surface area contributed by atoms with E-state index in [0.717, 1.165) is 0 Å². The summed E-state index contributed by atoms with van der Waals surface area (Å²) >= 11 is 6.25. The van der Waals surface area contributed by atoms with Gasteiger partial charge in [-0.2, -0.15) is 0 Å². The highest BCUT2D eigenvalue weighted by Crippen LogP contribution is 2.42. The van der Waals surface area contributed by atoms with E-state index in [1.165, 1.54) is 38.3 Å². The first-order valence-electron chi connectivity index (χ1n) is 9.81. The number of halogens is 3. The number of allylic oxidation sites excluding steroid dienone is 1. The van der Waals surface area contributed by atoms with Gasteiger partial charge in [-0.15, -0.1) is 12.4 Å². The average Bonchev–Trinajstić information content (AvgIpc) is 3.24. The number of fused-ring (bicyclic) bond motifs is 1.